The van der Waals surface area contributed by atoms with Crippen LogP contribution in [0.3, 0.4) is 0 Å². The molecule has 0 amide bonds. The minimum absolute atomic E-state index is 0.301. The number of rotatable bonds is 4. The van der Waals surface area contributed by atoms with Crippen molar-refractivity contribution in [2.45, 2.75) is 51.1 Å². The van der Waals surface area contributed by atoms with Gasteiger partial charge in [-0.05, 0) is 56.2 Å². The number of aromatic nitrogens is 2. The molecule has 2 N–H and O–H groups in total. The van der Waals surface area contributed by atoms with Crippen LogP contribution in [-0.4, -0.2) is 15.6 Å². The molecule has 1 unspecified atom stereocenters. The van der Waals surface area contributed by atoms with E-state index in [0.717, 1.165) is 17.9 Å². The highest BCUT2D eigenvalue weighted by Crippen LogP contribution is 2.40. The summed E-state index contributed by atoms with van der Waals surface area (Å²) in [6, 6.07) is 7.58. The Labute approximate surface area is 113 Å². The number of nitrogens with two attached hydrogens (primary N) is 1. The smallest absolute Gasteiger partial charge is 0.111 e. The average molecular weight is 255 g/mol. The molecule has 0 saturated heterocycles. The highest BCUT2D eigenvalue weighted by atomic mass is 15.1. The first-order valence-corrected chi connectivity index (χ1v) is 7.45. The molecule has 2 saturated carbocycles. The lowest BCUT2D eigenvalue weighted by Gasteiger charge is -2.12. The molecule has 2 aliphatic rings. The van der Waals surface area contributed by atoms with Gasteiger partial charge in [-0.3, -0.25) is 0 Å². The number of benzene rings is 1. The Kier molecular flexibility index (Phi) is 2.46. The van der Waals surface area contributed by atoms with Gasteiger partial charge >= 0.3 is 0 Å². The molecule has 1 atom stereocenters. The first-order valence-electron chi connectivity index (χ1n) is 7.45. The second kappa shape index (κ2) is 4.07. The summed E-state index contributed by atoms with van der Waals surface area (Å²) in [6.45, 7) is 2.13. The Hall–Kier alpha value is -1.35. The molecule has 1 heterocycles. The predicted molar refractivity (Wildman–Crippen MR) is 77.1 cm³/mol. The molecule has 100 valence electrons. The van der Waals surface area contributed by atoms with Crippen LogP contribution in [0.15, 0.2) is 18.2 Å². The van der Waals surface area contributed by atoms with Crippen molar-refractivity contribution in [2.75, 3.05) is 0 Å². The van der Waals surface area contributed by atoms with E-state index in [1.807, 2.05) is 0 Å². The third-order valence-electron chi connectivity index (χ3n) is 4.48. The summed E-state index contributed by atoms with van der Waals surface area (Å²) in [4.78, 5) is 4.87. The van der Waals surface area contributed by atoms with Gasteiger partial charge in [0.15, 0.2) is 0 Å². The van der Waals surface area contributed by atoms with Crippen molar-refractivity contribution in [2.24, 2.45) is 11.7 Å². The number of hydrogen-bond donors (Lipinski definition) is 1. The van der Waals surface area contributed by atoms with Gasteiger partial charge in [0.05, 0.1) is 11.0 Å². The number of fused-ring (bicyclic) bond motifs is 1. The van der Waals surface area contributed by atoms with E-state index in [2.05, 4.69) is 29.7 Å². The molecule has 0 radical (unpaired) electrons. The number of imidazole rings is 1. The fourth-order valence-corrected chi connectivity index (χ4v) is 3.04. The zero-order valence-corrected chi connectivity index (χ0v) is 11.5. The summed E-state index contributed by atoms with van der Waals surface area (Å²) in [6.07, 6.45) is 6.15. The fourth-order valence-electron chi connectivity index (χ4n) is 3.04. The third-order valence-corrected chi connectivity index (χ3v) is 4.48. The minimum atomic E-state index is 0.301. The molecule has 3 nitrogen and oxygen atoms in total. The molecule has 2 aromatic rings. The molecular formula is C16H21N3. The summed E-state index contributed by atoms with van der Waals surface area (Å²) in [5.41, 5.74) is 10.0. The Bertz CT molecular complexity index is 620. The average Bonchev–Trinajstić information content (AvgIpc) is 3.24. The van der Waals surface area contributed by atoms with E-state index in [-0.39, 0.29) is 0 Å². The van der Waals surface area contributed by atoms with E-state index in [9.17, 15) is 0 Å². The largest absolute Gasteiger partial charge is 0.327 e. The molecule has 3 heteroatoms. The van der Waals surface area contributed by atoms with E-state index >= 15 is 0 Å². The highest BCUT2D eigenvalue weighted by molar-refractivity contribution is 5.77. The van der Waals surface area contributed by atoms with Crippen LogP contribution in [0.2, 0.25) is 0 Å². The van der Waals surface area contributed by atoms with Gasteiger partial charge in [-0.15, -0.1) is 0 Å². The Balaban J connectivity index is 1.76. The lowest BCUT2D eigenvalue weighted by molar-refractivity contribution is 0.554. The van der Waals surface area contributed by atoms with Crippen LogP contribution < -0.4 is 5.73 Å². The molecule has 2 fully saturated rings. The van der Waals surface area contributed by atoms with Gasteiger partial charge in [0.25, 0.3) is 0 Å². The van der Waals surface area contributed by atoms with Crippen molar-refractivity contribution < 1.29 is 0 Å². The molecule has 0 aliphatic heterocycles. The quantitative estimate of drug-likeness (QED) is 0.912. The summed E-state index contributed by atoms with van der Waals surface area (Å²) in [5.74, 6) is 1.96. The van der Waals surface area contributed by atoms with Crippen LogP contribution >= 0.6 is 0 Å². The number of hydrogen-bond acceptors (Lipinski definition) is 2. The first kappa shape index (κ1) is 11.5. The van der Waals surface area contributed by atoms with E-state index in [4.69, 9.17) is 10.7 Å². The molecule has 2 aliphatic carbocycles. The SMILES string of the molecule is Cc1ccc2c(c1)nc(CC(N)C1CC1)n2C1CC1. The van der Waals surface area contributed by atoms with Crippen molar-refractivity contribution in [3.05, 3.63) is 29.6 Å². The van der Waals surface area contributed by atoms with Crippen molar-refractivity contribution in [1.82, 2.24) is 9.55 Å². The van der Waals surface area contributed by atoms with Crippen LogP contribution in [0.1, 0.15) is 43.1 Å². The van der Waals surface area contributed by atoms with Crippen molar-refractivity contribution >= 4 is 11.0 Å². The zero-order valence-electron chi connectivity index (χ0n) is 11.5. The maximum atomic E-state index is 6.30. The van der Waals surface area contributed by atoms with Crippen LogP contribution in [-0.2, 0) is 6.42 Å². The maximum Gasteiger partial charge on any atom is 0.111 e. The molecule has 19 heavy (non-hydrogen) atoms. The second-order valence-corrected chi connectivity index (χ2v) is 6.33. The Morgan fingerprint density at radius 2 is 2.11 bits per heavy atom. The normalized spacial score (nSPS) is 20.9. The van der Waals surface area contributed by atoms with Gasteiger partial charge in [0.1, 0.15) is 5.82 Å². The van der Waals surface area contributed by atoms with Crippen LogP contribution in [0.4, 0.5) is 0 Å². The molecule has 0 bridgehead atoms. The minimum Gasteiger partial charge on any atom is -0.327 e. The molecular weight excluding hydrogens is 234 g/mol. The summed E-state index contributed by atoms with van der Waals surface area (Å²) >= 11 is 0. The summed E-state index contributed by atoms with van der Waals surface area (Å²) in [5, 5.41) is 0. The number of aryl methyl sites for hydroxylation is 1. The van der Waals surface area contributed by atoms with Gasteiger partial charge in [-0.1, -0.05) is 6.07 Å². The standard InChI is InChI=1S/C16H21N3/c1-10-2-7-15-14(8-10)18-16(19(15)12-5-6-12)9-13(17)11-3-4-11/h2,7-8,11-13H,3-6,9,17H2,1H3. The highest BCUT2D eigenvalue weighted by Gasteiger charge is 2.32. The fraction of sp³-hybridized carbons (Fsp3) is 0.562. The molecule has 1 aromatic carbocycles. The van der Waals surface area contributed by atoms with Crippen LogP contribution in [0, 0.1) is 12.8 Å². The number of nitrogens with zero attached hydrogens (tertiary/aromatic N) is 2. The summed E-state index contributed by atoms with van der Waals surface area (Å²) < 4.78 is 2.46. The van der Waals surface area contributed by atoms with Gasteiger partial charge < -0.3 is 10.3 Å². The first-order chi connectivity index (χ1) is 9.22. The van der Waals surface area contributed by atoms with Gasteiger partial charge in [0, 0.05) is 18.5 Å². The Morgan fingerprint density at radius 3 is 2.79 bits per heavy atom. The van der Waals surface area contributed by atoms with Gasteiger partial charge in [-0.25, -0.2) is 4.98 Å². The van der Waals surface area contributed by atoms with Crippen molar-refractivity contribution in [3.63, 3.8) is 0 Å². The van der Waals surface area contributed by atoms with E-state index in [0.29, 0.717) is 12.1 Å². The summed E-state index contributed by atoms with van der Waals surface area (Å²) in [7, 11) is 0. The zero-order chi connectivity index (χ0) is 13.0. The molecule has 1 aromatic heterocycles. The Morgan fingerprint density at radius 1 is 1.32 bits per heavy atom. The van der Waals surface area contributed by atoms with Gasteiger partial charge in [-0.2, -0.15) is 0 Å². The second-order valence-electron chi connectivity index (χ2n) is 6.33. The lowest BCUT2D eigenvalue weighted by atomic mass is 10.1. The van der Waals surface area contributed by atoms with Crippen molar-refractivity contribution in [1.29, 1.82) is 0 Å². The van der Waals surface area contributed by atoms with Crippen molar-refractivity contribution in [3.8, 4) is 0 Å². The third kappa shape index (κ3) is 2.06. The topological polar surface area (TPSA) is 43.8 Å². The monoisotopic (exact) mass is 255 g/mol. The van der Waals surface area contributed by atoms with Gasteiger partial charge in [0.2, 0.25) is 0 Å². The maximum absolute atomic E-state index is 6.30. The lowest BCUT2D eigenvalue weighted by Crippen LogP contribution is -2.26. The predicted octanol–water partition coefficient (Wildman–Crippen LogP) is 2.96. The van der Waals surface area contributed by atoms with Crippen LogP contribution in [0.5, 0.6) is 0 Å². The van der Waals surface area contributed by atoms with E-state index in [1.165, 1.54) is 42.6 Å². The van der Waals surface area contributed by atoms with E-state index in [1.54, 1.807) is 0 Å². The van der Waals surface area contributed by atoms with E-state index < -0.39 is 0 Å². The molecule has 4 rings (SSSR count). The molecule has 0 spiro atoms. The van der Waals surface area contributed by atoms with Crippen LogP contribution in [0.25, 0.3) is 11.0 Å².